The average molecular weight is 187 g/mol. The quantitative estimate of drug-likeness (QED) is 0.463. The zero-order valence-corrected chi connectivity index (χ0v) is 8.27. The summed E-state index contributed by atoms with van der Waals surface area (Å²) in [5.41, 5.74) is 0. The summed E-state index contributed by atoms with van der Waals surface area (Å²) < 4.78 is 5.13. The van der Waals surface area contributed by atoms with Crippen molar-refractivity contribution < 1.29 is 4.74 Å². The first kappa shape index (κ1) is 10.9. The van der Waals surface area contributed by atoms with E-state index in [1.807, 2.05) is 0 Å². The fraction of sp³-hybridized carbons (Fsp3) is 1.00. The van der Waals surface area contributed by atoms with Crippen LogP contribution in [0.4, 0.5) is 0 Å². The monoisotopic (exact) mass is 187 g/mol. The SMILES string of the molecule is C1CNCCN1.C1CNCCOC1. The molecule has 4 nitrogen and oxygen atoms in total. The highest BCUT2D eigenvalue weighted by Crippen LogP contribution is 1.83. The minimum atomic E-state index is 0.889. The molecule has 13 heavy (non-hydrogen) atoms. The molecule has 2 aliphatic heterocycles. The van der Waals surface area contributed by atoms with E-state index >= 15 is 0 Å². The molecular formula is C9H21N3O. The molecule has 0 amide bonds. The highest BCUT2D eigenvalue weighted by molar-refractivity contribution is 4.59. The van der Waals surface area contributed by atoms with Crippen LogP contribution in [0, 0.1) is 0 Å². The van der Waals surface area contributed by atoms with Crippen molar-refractivity contribution in [2.45, 2.75) is 6.42 Å². The highest BCUT2D eigenvalue weighted by Gasteiger charge is 1.93. The number of rotatable bonds is 0. The van der Waals surface area contributed by atoms with Crippen molar-refractivity contribution in [1.82, 2.24) is 16.0 Å². The second kappa shape index (κ2) is 8.44. The van der Waals surface area contributed by atoms with Crippen molar-refractivity contribution in [3.63, 3.8) is 0 Å². The van der Waals surface area contributed by atoms with E-state index in [1.165, 1.54) is 6.42 Å². The molecule has 0 aromatic carbocycles. The highest BCUT2D eigenvalue weighted by atomic mass is 16.5. The standard InChI is InChI=1S/C5H11NO.C4H10N2/c1-2-6-3-5-7-4-1;1-2-6-4-3-5-1/h6H,1-5H2;5-6H,1-4H2. The first-order valence-electron chi connectivity index (χ1n) is 5.20. The topological polar surface area (TPSA) is 45.3 Å². The minimum absolute atomic E-state index is 0.889. The van der Waals surface area contributed by atoms with Gasteiger partial charge in [-0.05, 0) is 13.0 Å². The molecule has 2 fully saturated rings. The van der Waals surface area contributed by atoms with E-state index in [-0.39, 0.29) is 0 Å². The Kier molecular flexibility index (Phi) is 7.09. The van der Waals surface area contributed by atoms with Gasteiger partial charge in [-0.1, -0.05) is 0 Å². The van der Waals surface area contributed by atoms with Crippen LogP contribution < -0.4 is 16.0 Å². The van der Waals surface area contributed by atoms with Crippen LogP contribution in [0.25, 0.3) is 0 Å². The van der Waals surface area contributed by atoms with Crippen molar-refractivity contribution in [2.24, 2.45) is 0 Å². The zero-order valence-electron chi connectivity index (χ0n) is 8.27. The third-order valence-corrected chi connectivity index (χ3v) is 2.02. The molecule has 78 valence electrons. The van der Waals surface area contributed by atoms with Crippen LogP contribution in [0.5, 0.6) is 0 Å². The maximum Gasteiger partial charge on any atom is 0.0590 e. The Morgan fingerprint density at radius 3 is 1.85 bits per heavy atom. The number of hydrogen-bond acceptors (Lipinski definition) is 4. The normalized spacial score (nSPS) is 24.0. The summed E-state index contributed by atoms with van der Waals surface area (Å²) in [6, 6.07) is 0. The molecule has 2 rings (SSSR count). The van der Waals surface area contributed by atoms with E-state index in [0.717, 1.165) is 52.5 Å². The van der Waals surface area contributed by atoms with Gasteiger partial charge in [-0.15, -0.1) is 0 Å². The smallest absolute Gasteiger partial charge is 0.0590 e. The Balaban J connectivity index is 0.000000132. The predicted octanol–water partition coefficient (Wildman–Crippen LogP) is -0.824. The van der Waals surface area contributed by atoms with Gasteiger partial charge in [0, 0.05) is 39.3 Å². The largest absolute Gasteiger partial charge is 0.380 e. The minimum Gasteiger partial charge on any atom is -0.380 e. The van der Waals surface area contributed by atoms with Crippen LogP contribution in [0.1, 0.15) is 6.42 Å². The predicted molar refractivity (Wildman–Crippen MR) is 54.0 cm³/mol. The molecule has 0 aromatic rings. The molecule has 2 aliphatic rings. The Bertz CT molecular complexity index is 75.9. The van der Waals surface area contributed by atoms with E-state index in [0.29, 0.717) is 0 Å². The molecule has 0 aromatic heterocycles. The van der Waals surface area contributed by atoms with Gasteiger partial charge in [0.1, 0.15) is 0 Å². The molecule has 2 saturated heterocycles. The number of piperazine rings is 1. The van der Waals surface area contributed by atoms with Gasteiger partial charge in [-0.2, -0.15) is 0 Å². The lowest BCUT2D eigenvalue weighted by Crippen LogP contribution is -2.39. The maximum absolute atomic E-state index is 5.13. The lowest BCUT2D eigenvalue weighted by Gasteiger charge is -2.11. The van der Waals surface area contributed by atoms with Crippen LogP contribution in [0.2, 0.25) is 0 Å². The number of nitrogens with one attached hydrogen (secondary N) is 3. The average Bonchev–Trinajstić information content (AvgIpc) is 2.53. The Morgan fingerprint density at radius 1 is 0.615 bits per heavy atom. The molecule has 0 unspecified atom stereocenters. The third-order valence-electron chi connectivity index (χ3n) is 2.02. The van der Waals surface area contributed by atoms with Gasteiger partial charge in [-0.25, -0.2) is 0 Å². The van der Waals surface area contributed by atoms with Gasteiger partial charge in [0.2, 0.25) is 0 Å². The van der Waals surface area contributed by atoms with Gasteiger partial charge in [0.15, 0.2) is 0 Å². The van der Waals surface area contributed by atoms with Crippen molar-refractivity contribution in [1.29, 1.82) is 0 Å². The van der Waals surface area contributed by atoms with Crippen LogP contribution in [0.15, 0.2) is 0 Å². The summed E-state index contributed by atoms with van der Waals surface area (Å²) in [6.07, 6.45) is 1.17. The summed E-state index contributed by atoms with van der Waals surface area (Å²) in [5, 5.41) is 9.67. The summed E-state index contributed by atoms with van der Waals surface area (Å²) >= 11 is 0. The summed E-state index contributed by atoms with van der Waals surface area (Å²) in [4.78, 5) is 0. The molecule has 0 bridgehead atoms. The molecule has 4 heteroatoms. The molecule has 0 aliphatic carbocycles. The second-order valence-corrected chi connectivity index (χ2v) is 3.22. The van der Waals surface area contributed by atoms with Gasteiger partial charge in [0.05, 0.1) is 6.61 Å². The lowest BCUT2D eigenvalue weighted by molar-refractivity contribution is 0.151. The van der Waals surface area contributed by atoms with Crippen LogP contribution in [-0.2, 0) is 4.74 Å². The number of ether oxygens (including phenoxy) is 1. The van der Waals surface area contributed by atoms with Crippen LogP contribution in [0.3, 0.4) is 0 Å². The molecule has 0 radical (unpaired) electrons. The van der Waals surface area contributed by atoms with Crippen molar-refractivity contribution in [3.05, 3.63) is 0 Å². The first-order chi connectivity index (χ1) is 6.50. The van der Waals surface area contributed by atoms with Crippen molar-refractivity contribution in [2.75, 3.05) is 52.5 Å². The first-order valence-corrected chi connectivity index (χ1v) is 5.20. The summed E-state index contributed by atoms with van der Waals surface area (Å²) in [5.74, 6) is 0. The lowest BCUT2D eigenvalue weighted by atomic mass is 10.4. The van der Waals surface area contributed by atoms with E-state index in [1.54, 1.807) is 0 Å². The van der Waals surface area contributed by atoms with E-state index in [2.05, 4.69) is 16.0 Å². The van der Waals surface area contributed by atoms with Crippen LogP contribution >= 0.6 is 0 Å². The molecule has 0 atom stereocenters. The van der Waals surface area contributed by atoms with E-state index in [9.17, 15) is 0 Å². The summed E-state index contributed by atoms with van der Waals surface area (Å²) in [6.45, 7) is 8.53. The Hall–Kier alpha value is -0.160. The molecule has 0 saturated carbocycles. The molecule has 0 spiro atoms. The fourth-order valence-electron chi connectivity index (χ4n) is 1.27. The van der Waals surface area contributed by atoms with Crippen molar-refractivity contribution >= 4 is 0 Å². The summed E-state index contributed by atoms with van der Waals surface area (Å²) in [7, 11) is 0. The molecule has 2 heterocycles. The second-order valence-electron chi connectivity index (χ2n) is 3.22. The number of hydrogen-bond donors (Lipinski definition) is 3. The van der Waals surface area contributed by atoms with Gasteiger partial charge in [-0.3, -0.25) is 0 Å². The zero-order chi connectivity index (χ0) is 9.19. The Labute approximate surface area is 80.4 Å². The van der Waals surface area contributed by atoms with Gasteiger partial charge in [0.25, 0.3) is 0 Å². The Morgan fingerprint density at radius 2 is 1.23 bits per heavy atom. The fourth-order valence-corrected chi connectivity index (χ4v) is 1.27. The van der Waals surface area contributed by atoms with E-state index < -0.39 is 0 Å². The molecular weight excluding hydrogens is 166 g/mol. The third kappa shape index (κ3) is 6.95. The van der Waals surface area contributed by atoms with E-state index in [4.69, 9.17) is 4.74 Å². The maximum atomic E-state index is 5.13. The van der Waals surface area contributed by atoms with Crippen LogP contribution in [-0.4, -0.2) is 52.5 Å². The van der Waals surface area contributed by atoms with Gasteiger partial charge < -0.3 is 20.7 Å². The molecule has 3 N–H and O–H groups in total. The van der Waals surface area contributed by atoms with Gasteiger partial charge >= 0.3 is 0 Å². The van der Waals surface area contributed by atoms with Crippen molar-refractivity contribution in [3.8, 4) is 0 Å².